The first kappa shape index (κ1) is 10.2. The maximum atomic E-state index is 11.0. The fourth-order valence-electron chi connectivity index (χ4n) is 1.10. The Morgan fingerprint density at radius 1 is 1.33 bits per heavy atom. The van der Waals surface area contributed by atoms with Gasteiger partial charge in [0.1, 0.15) is 0 Å². The normalized spacial score (nSPS) is 13.5. The summed E-state index contributed by atoms with van der Waals surface area (Å²) in [4.78, 5) is 11.0. The van der Waals surface area contributed by atoms with Gasteiger partial charge in [-0.15, -0.1) is 5.11 Å². The Bertz CT molecular complexity index is 341. The van der Waals surface area contributed by atoms with E-state index < -0.39 is 0 Å². The molecule has 0 radical (unpaired) electrons. The molecular formula is C8H7KN2O. The van der Waals surface area contributed by atoms with Crippen molar-refractivity contribution in [2.45, 2.75) is 6.54 Å². The van der Waals surface area contributed by atoms with Gasteiger partial charge in [-0.1, -0.05) is 18.2 Å². The SMILES string of the molecule is O=C1N=NCc2ccccc21.[H-].[K+]. The minimum Gasteiger partial charge on any atom is -1.00 e. The molecule has 1 aromatic carbocycles. The summed E-state index contributed by atoms with van der Waals surface area (Å²) in [5, 5.41) is 7.13. The predicted molar refractivity (Wildman–Crippen MR) is 40.4 cm³/mol. The van der Waals surface area contributed by atoms with E-state index in [1.807, 2.05) is 18.2 Å². The standard InChI is InChI=1S/C8H6N2O.K.H/c11-8-7-4-2-1-3-6(7)5-9-10-8;;/h1-4H,5H2;;/q;+1;-1. The summed E-state index contributed by atoms with van der Waals surface area (Å²) >= 11 is 0. The summed E-state index contributed by atoms with van der Waals surface area (Å²) in [6.45, 7) is 0.530. The van der Waals surface area contributed by atoms with Crippen LogP contribution < -0.4 is 51.4 Å². The van der Waals surface area contributed by atoms with Crippen LogP contribution in [0, 0.1) is 0 Å². The maximum Gasteiger partial charge on any atom is 1.00 e. The molecular weight excluding hydrogens is 179 g/mol. The minimum absolute atomic E-state index is 0. The molecule has 4 heteroatoms. The van der Waals surface area contributed by atoms with E-state index in [2.05, 4.69) is 10.2 Å². The molecule has 1 aromatic rings. The van der Waals surface area contributed by atoms with Crippen LogP contribution in [-0.4, -0.2) is 5.91 Å². The molecule has 0 unspecified atom stereocenters. The van der Waals surface area contributed by atoms with Crippen LogP contribution in [-0.2, 0) is 6.54 Å². The van der Waals surface area contributed by atoms with Gasteiger partial charge in [0, 0.05) is 5.56 Å². The van der Waals surface area contributed by atoms with Gasteiger partial charge in [0.05, 0.1) is 6.54 Å². The van der Waals surface area contributed by atoms with E-state index in [0.29, 0.717) is 12.1 Å². The van der Waals surface area contributed by atoms with Crippen LogP contribution in [0.3, 0.4) is 0 Å². The molecule has 0 atom stereocenters. The second-order valence-electron chi connectivity index (χ2n) is 2.36. The zero-order chi connectivity index (χ0) is 7.68. The number of carbonyl (C=O) groups excluding carboxylic acids is 1. The van der Waals surface area contributed by atoms with E-state index in [4.69, 9.17) is 0 Å². The van der Waals surface area contributed by atoms with Gasteiger partial charge >= 0.3 is 51.4 Å². The third kappa shape index (κ3) is 1.89. The molecule has 12 heavy (non-hydrogen) atoms. The minimum atomic E-state index is -0.230. The number of hydrogen-bond acceptors (Lipinski definition) is 2. The third-order valence-electron chi connectivity index (χ3n) is 1.65. The first-order valence-corrected chi connectivity index (χ1v) is 3.37. The number of carbonyl (C=O) groups is 1. The second-order valence-corrected chi connectivity index (χ2v) is 2.36. The summed E-state index contributed by atoms with van der Waals surface area (Å²) < 4.78 is 0. The largest absolute Gasteiger partial charge is 1.00 e. The summed E-state index contributed by atoms with van der Waals surface area (Å²) in [6, 6.07) is 7.39. The first-order chi connectivity index (χ1) is 5.38. The fourth-order valence-corrected chi connectivity index (χ4v) is 1.10. The van der Waals surface area contributed by atoms with Gasteiger partial charge in [0.2, 0.25) is 0 Å². The van der Waals surface area contributed by atoms with Gasteiger partial charge in [0.15, 0.2) is 0 Å². The Hall–Kier alpha value is 0.126. The van der Waals surface area contributed by atoms with Gasteiger partial charge in [0.25, 0.3) is 5.91 Å². The summed E-state index contributed by atoms with van der Waals surface area (Å²) in [7, 11) is 0. The van der Waals surface area contributed by atoms with Crippen molar-refractivity contribution in [1.29, 1.82) is 0 Å². The molecule has 0 fully saturated rings. The monoisotopic (exact) mass is 186 g/mol. The number of amides is 1. The molecule has 0 saturated carbocycles. The molecule has 0 spiro atoms. The van der Waals surface area contributed by atoms with E-state index in [1.54, 1.807) is 6.07 Å². The molecule has 1 aliphatic heterocycles. The number of azo groups is 1. The van der Waals surface area contributed by atoms with Crippen molar-refractivity contribution in [1.82, 2.24) is 0 Å². The van der Waals surface area contributed by atoms with Crippen molar-refractivity contribution in [3.8, 4) is 0 Å². The van der Waals surface area contributed by atoms with E-state index in [9.17, 15) is 4.79 Å². The molecule has 1 heterocycles. The molecule has 56 valence electrons. The summed E-state index contributed by atoms with van der Waals surface area (Å²) in [5.41, 5.74) is 1.65. The van der Waals surface area contributed by atoms with Crippen LogP contribution in [0.25, 0.3) is 0 Å². The number of nitrogens with zero attached hydrogens (tertiary/aromatic N) is 2. The smallest absolute Gasteiger partial charge is 1.00 e. The zero-order valence-electron chi connectivity index (χ0n) is 7.82. The quantitative estimate of drug-likeness (QED) is 0.475. The number of benzene rings is 1. The Morgan fingerprint density at radius 2 is 2.08 bits per heavy atom. The molecule has 0 aromatic heterocycles. The van der Waals surface area contributed by atoms with Crippen molar-refractivity contribution in [2.75, 3.05) is 0 Å². The van der Waals surface area contributed by atoms with Crippen LogP contribution in [0.1, 0.15) is 17.3 Å². The van der Waals surface area contributed by atoms with Crippen molar-refractivity contribution in [2.24, 2.45) is 10.2 Å². The molecule has 0 aliphatic carbocycles. The number of fused-ring (bicyclic) bond motifs is 1. The summed E-state index contributed by atoms with van der Waals surface area (Å²) in [5.74, 6) is -0.230. The van der Waals surface area contributed by atoms with Gasteiger partial charge in [-0.05, 0) is 11.6 Å². The average molecular weight is 186 g/mol. The molecule has 0 bridgehead atoms. The van der Waals surface area contributed by atoms with Gasteiger partial charge in [-0.3, -0.25) is 4.79 Å². The van der Waals surface area contributed by atoms with Gasteiger partial charge < -0.3 is 1.43 Å². The second kappa shape index (κ2) is 4.39. The van der Waals surface area contributed by atoms with E-state index in [0.717, 1.165) is 5.56 Å². The van der Waals surface area contributed by atoms with Crippen LogP contribution >= 0.6 is 0 Å². The predicted octanol–water partition coefficient (Wildman–Crippen LogP) is -1.09. The first-order valence-electron chi connectivity index (χ1n) is 3.37. The zero-order valence-corrected chi connectivity index (χ0v) is 9.94. The Morgan fingerprint density at radius 3 is 2.83 bits per heavy atom. The Kier molecular flexibility index (Phi) is 3.73. The van der Waals surface area contributed by atoms with Gasteiger partial charge in [-0.25, -0.2) is 0 Å². The van der Waals surface area contributed by atoms with Crippen molar-refractivity contribution >= 4 is 5.91 Å². The van der Waals surface area contributed by atoms with E-state index >= 15 is 0 Å². The topological polar surface area (TPSA) is 41.8 Å². The fraction of sp³-hybridized carbons (Fsp3) is 0.125. The molecule has 2 rings (SSSR count). The van der Waals surface area contributed by atoms with Crippen LogP contribution in [0.2, 0.25) is 0 Å². The Balaban J connectivity index is 0.000000720. The van der Waals surface area contributed by atoms with Gasteiger partial charge in [-0.2, -0.15) is 5.11 Å². The van der Waals surface area contributed by atoms with Crippen molar-refractivity contribution < 1.29 is 57.6 Å². The Labute approximate surface area is 114 Å². The van der Waals surface area contributed by atoms with Crippen LogP contribution in [0.5, 0.6) is 0 Å². The molecule has 1 amide bonds. The molecule has 1 aliphatic rings. The molecule has 0 N–H and O–H groups in total. The third-order valence-corrected chi connectivity index (χ3v) is 1.65. The van der Waals surface area contributed by atoms with Crippen LogP contribution in [0.4, 0.5) is 0 Å². The maximum absolute atomic E-state index is 11.0. The van der Waals surface area contributed by atoms with Crippen LogP contribution in [0.15, 0.2) is 34.5 Å². The molecule has 3 nitrogen and oxygen atoms in total. The average Bonchev–Trinajstić information content (AvgIpc) is 2.06. The molecule has 0 saturated heterocycles. The summed E-state index contributed by atoms with van der Waals surface area (Å²) in [6.07, 6.45) is 0. The number of rotatable bonds is 0. The van der Waals surface area contributed by atoms with Crippen molar-refractivity contribution in [3.63, 3.8) is 0 Å². The van der Waals surface area contributed by atoms with E-state index in [-0.39, 0.29) is 58.7 Å². The van der Waals surface area contributed by atoms with E-state index in [1.165, 1.54) is 0 Å². The number of hydrogen-bond donors (Lipinski definition) is 0. The van der Waals surface area contributed by atoms with Crippen molar-refractivity contribution in [3.05, 3.63) is 35.4 Å².